The number of hydrogen-bond donors (Lipinski definition) is 1. The van der Waals surface area contributed by atoms with Gasteiger partial charge in [0.25, 0.3) is 0 Å². The van der Waals surface area contributed by atoms with Crippen LogP contribution in [0.4, 0.5) is 0 Å². The lowest BCUT2D eigenvalue weighted by Gasteiger charge is -2.19. The van der Waals surface area contributed by atoms with E-state index in [0.29, 0.717) is 19.0 Å². The highest BCUT2D eigenvalue weighted by molar-refractivity contribution is 8.00. The average Bonchev–Trinajstić information content (AvgIpc) is 2.65. The summed E-state index contributed by atoms with van der Waals surface area (Å²) in [6.07, 6.45) is 0.865. The van der Waals surface area contributed by atoms with Crippen LogP contribution in [0.5, 0.6) is 11.5 Å². The number of carbonyl (C=O) groups is 1. The van der Waals surface area contributed by atoms with Crippen LogP contribution in [0.2, 0.25) is 0 Å². The maximum atomic E-state index is 12.3. The van der Waals surface area contributed by atoms with Crippen molar-refractivity contribution >= 4 is 17.7 Å². The lowest BCUT2D eigenvalue weighted by Crippen LogP contribution is -2.29. The number of nitrogens with one attached hydrogen (secondary N) is 1. The summed E-state index contributed by atoms with van der Waals surface area (Å²) in [5.41, 5.74) is 2.37. The van der Waals surface area contributed by atoms with E-state index < -0.39 is 0 Å². The molecule has 0 saturated heterocycles. The van der Waals surface area contributed by atoms with E-state index in [9.17, 15) is 4.79 Å². The molecule has 1 aliphatic rings. The number of hydrogen-bond acceptors (Lipinski definition) is 4. The number of amides is 1. The first-order chi connectivity index (χ1) is 12.2. The van der Waals surface area contributed by atoms with Gasteiger partial charge in [0.2, 0.25) is 5.91 Å². The molecule has 0 spiro atoms. The summed E-state index contributed by atoms with van der Waals surface area (Å²) in [6.45, 7) is 5.29. The van der Waals surface area contributed by atoms with Gasteiger partial charge in [-0.1, -0.05) is 36.8 Å². The zero-order valence-corrected chi connectivity index (χ0v) is 15.4. The highest BCUT2D eigenvalue weighted by Crippen LogP contribution is 2.34. The van der Waals surface area contributed by atoms with Gasteiger partial charge < -0.3 is 14.8 Å². The van der Waals surface area contributed by atoms with Gasteiger partial charge >= 0.3 is 0 Å². The molecule has 2 aromatic rings. The largest absolute Gasteiger partial charge is 0.486 e. The Kier molecular flexibility index (Phi) is 5.87. The standard InChI is InChI=1S/C20H23NO3S/c1-3-17(15-6-4-14(2)5-7-15)21-20(22)13-25-16-8-9-18-19(12-16)24-11-10-23-18/h4-9,12,17H,3,10-11,13H2,1-2H3,(H,21,22). The monoisotopic (exact) mass is 357 g/mol. The van der Waals surface area contributed by atoms with Crippen molar-refractivity contribution in [3.05, 3.63) is 53.6 Å². The van der Waals surface area contributed by atoms with Crippen LogP contribution < -0.4 is 14.8 Å². The molecule has 0 saturated carbocycles. The van der Waals surface area contributed by atoms with E-state index in [1.165, 1.54) is 17.3 Å². The van der Waals surface area contributed by atoms with E-state index in [4.69, 9.17) is 9.47 Å². The van der Waals surface area contributed by atoms with Gasteiger partial charge in [-0.25, -0.2) is 0 Å². The van der Waals surface area contributed by atoms with E-state index in [1.807, 2.05) is 18.2 Å². The predicted octanol–water partition coefficient (Wildman–Crippen LogP) is 4.13. The number of fused-ring (bicyclic) bond motifs is 1. The zero-order valence-electron chi connectivity index (χ0n) is 14.6. The van der Waals surface area contributed by atoms with Crippen LogP contribution in [0.25, 0.3) is 0 Å². The minimum Gasteiger partial charge on any atom is -0.486 e. The van der Waals surface area contributed by atoms with Crippen molar-refractivity contribution in [3.63, 3.8) is 0 Å². The first-order valence-corrected chi connectivity index (χ1v) is 9.52. The third-order valence-corrected chi connectivity index (χ3v) is 5.10. The highest BCUT2D eigenvalue weighted by Gasteiger charge is 2.15. The van der Waals surface area contributed by atoms with Crippen LogP contribution in [0.1, 0.15) is 30.5 Å². The van der Waals surface area contributed by atoms with Crippen LogP contribution in [0.15, 0.2) is 47.4 Å². The SMILES string of the molecule is CCC(NC(=O)CSc1ccc2c(c1)OCCO2)c1ccc(C)cc1. The van der Waals surface area contributed by atoms with Gasteiger partial charge in [0.05, 0.1) is 11.8 Å². The van der Waals surface area contributed by atoms with Crippen LogP contribution in [0.3, 0.4) is 0 Å². The Labute approximate surface area is 152 Å². The summed E-state index contributed by atoms with van der Waals surface area (Å²) >= 11 is 1.50. The molecule has 1 aliphatic heterocycles. The van der Waals surface area contributed by atoms with Crippen molar-refractivity contribution in [2.75, 3.05) is 19.0 Å². The Morgan fingerprint density at radius 1 is 1.12 bits per heavy atom. The molecule has 0 aromatic heterocycles. The van der Waals surface area contributed by atoms with E-state index >= 15 is 0 Å². The van der Waals surface area contributed by atoms with Gasteiger partial charge in [-0.05, 0) is 37.1 Å². The molecule has 1 unspecified atom stereocenters. The molecule has 0 aliphatic carbocycles. The third-order valence-electron chi connectivity index (χ3n) is 4.11. The van der Waals surface area contributed by atoms with E-state index in [2.05, 4.69) is 43.4 Å². The maximum Gasteiger partial charge on any atom is 0.230 e. The quantitative estimate of drug-likeness (QED) is 0.790. The Morgan fingerprint density at radius 2 is 1.84 bits per heavy atom. The summed E-state index contributed by atoms with van der Waals surface area (Å²) in [4.78, 5) is 13.3. The molecule has 1 N–H and O–H groups in total. The van der Waals surface area contributed by atoms with Crippen LogP contribution in [-0.2, 0) is 4.79 Å². The van der Waals surface area contributed by atoms with E-state index in [1.54, 1.807) is 0 Å². The van der Waals surface area contributed by atoms with Crippen molar-refractivity contribution in [1.29, 1.82) is 0 Å². The summed E-state index contributed by atoms with van der Waals surface area (Å²) in [5, 5.41) is 3.12. The van der Waals surface area contributed by atoms with Crippen LogP contribution >= 0.6 is 11.8 Å². The number of thioether (sulfide) groups is 1. The van der Waals surface area contributed by atoms with Crippen LogP contribution in [-0.4, -0.2) is 24.9 Å². The Hall–Kier alpha value is -2.14. The molecule has 0 bridgehead atoms. The lowest BCUT2D eigenvalue weighted by molar-refractivity contribution is -0.119. The second kappa shape index (κ2) is 8.30. The molecule has 2 aromatic carbocycles. The fourth-order valence-electron chi connectivity index (χ4n) is 2.72. The number of aryl methyl sites for hydroxylation is 1. The molecular formula is C20H23NO3S. The molecule has 132 valence electrons. The second-order valence-electron chi connectivity index (χ2n) is 6.03. The van der Waals surface area contributed by atoms with Gasteiger partial charge in [-0.15, -0.1) is 11.8 Å². The molecule has 1 atom stereocenters. The third kappa shape index (κ3) is 4.69. The van der Waals surface area contributed by atoms with Gasteiger partial charge in [0, 0.05) is 4.90 Å². The summed E-state index contributed by atoms with van der Waals surface area (Å²) in [5.74, 6) is 1.93. The minimum atomic E-state index is 0.0346. The zero-order chi connectivity index (χ0) is 17.6. The van der Waals surface area contributed by atoms with Crippen LogP contribution in [0, 0.1) is 6.92 Å². The number of benzene rings is 2. The molecule has 4 nitrogen and oxygen atoms in total. The normalized spacial score (nSPS) is 14.0. The Morgan fingerprint density at radius 3 is 2.56 bits per heavy atom. The predicted molar refractivity (Wildman–Crippen MR) is 101 cm³/mol. The van der Waals surface area contributed by atoms with Gasteiger partial charge in [-0.3, -0.25) is 4.79 Å². The van der Waals surface area contributed by atoms with E-state index in [-0.39, 0.29) is 11.9 Å². The molecule has 3 rings (SSSR count). The molecule has 5 heteroatoms. The van der Waals surface area contributed by atoms with E-state index in [0.717, 1.165) is 28.4 Å². The molecule has 1 amide bonds. The smallest absolute Gasteiger partial charge is 0.230 e. The average molecular weight is 357 g/mol. The van der Waals surface area contributed by atoms with Crippen molar-refractivity contribution in [3.8, 4) is 11.5 Å². The first kappa shape index (κ1) is 17.7. The molecular weight excluding hydrogens is 334 g/mol. The fourth-order valence-corrected chi connectivity index (χ4v) is 3.45. The molecule has 25 heavy (non-hydrogen) atoms. The second-order valence-corrected chi connectivity index (χ2v) is 7.08. The summed E-state index contributed by atoms with van der Waals surface area (Å²) in [6, 6.07) is 14.2. The topological polar surface area (TPSA) is 47.6 Å². The number of ether oxygens (including phenoxy) is 2. The maximum absolute atomic E-state index is 12.3. The highest BCUT2D eigenvalue weighted by atomic mass is 32.2. The molecule has 0 fully saturated rings. The fraction of sp³-hybridized carbons (Fsp3) is 0.350. The first-order valence-electron chi connectivity index (χ1n) is 8.54. The Bertz CT molecular complexity index is 730. The summed E-state index contributed by atoms with van der Waals surface area (Å²) in [7, 11) is 0. The van der Waals surface area contributed by atoms with Gasteiger partial charge in [0.1, 0.15) is 13.2 Å². The molecule has 1 heterocycles. The van der Waals surface area contributed by atoms with Crippen molar-refractivity contribution in [2.24, 2.45) is 0 Å². The van der Waals surface area contributed by atoms with Crippen molar-refractivity contribution in [1.82, 2.24) is 5.32 Å². The Balaban J connectivity index is 1.56. The van der Waals surface area contributed by atoms with Gasteiger partial charge in [0.15, 0.2) is 11.5 Å². The number of carbonyl (C=O) groups excluding carboxylic acids is 1. The van der Waals surface area contributed by atoms with Gasteiger partial charge in [-0.2, -0.15) is 0 Å². The summed E-state index contributed by atoms with van der Waals surface area (Å²) < 4.78 is 11.1. The molecule has 0 radical (unpaired) electrons. The lowest BCUT2D eigenvalue weighted by atomic mass is 10.0. The van der Waals surface area contributed by atoms with Crippen molar-refractivity contribution in [2.45, 2.75) is 31.2 Å². The number of rotatable bonds is 6. The minimum absolute atomic E-state index is 0.0346. The van der Waals surface area contributed by atoms with Crippen molar-refractivity contribution < 1.29 is 14.3 Å².